The van der Waals surface area contributed by atoms with Crippen LogP contribution in [0.1, 0.15) is 32.1 Å². The molecule has 1 aromatic rings. The summed E-state index contributed by atoms with van der Waals surface area (Å²) < 4.78 is 12.8. The molecule has 0 amide bonds. The number of nitrogens with two attached hydrogens (primary N) is 1. The van der Waals surface area contributed by atoms with E-state index in [0.29, 0.717) is 5.69 Å². The Balaban J connectivity index is 1.80. The third-order valence-electron chi connectivity index (χ3n) is 3.36. The molecular weight excluding hydrogens is 203 g/mol. The van der Waals surface area contributed by atoms with Crippen molar-refractivity contribution in [1.29, 1.82) is 0 Å². The van der Waals surface area contributed by atoms with Gasteiger partial charge in [0.15, 0.2) is 0 Å². The SMILES string of the molecule is Nc1cc(F)ccc1NCCC1CCCC1. The summed E-state index contributed by atoms with van der Waals surface area (Å²) in [7, 11) is 0. The predicted octanol–water partition coefficient (Wildman–Crippen LogP) is 3.40. The van der Waals surface area contributed by atoms with Gasteiger partial charge in [0, 0.05) is 6.54 Å². The lowest BCUT2D eigenvalue weighted by Crippen LogP contribution is -2.08. The van der Waals surface area contributed by atoms with E-state index < -0.39 is 0 Å². The van der Waals surface area contributed by atoms with Crippen molar-refractivity contribution in [3.05, 3.63) is 24.0 Å². The molecule has 0 bridgehead atoms. The number of hydrogen-bond donors (Lipinski definition) is 2. The van der Waals surface area contributed by atoms with Gasteiger partial charge in [-0.3, -0.25) is 0 Å². The Bertz CT molecular complexity index is 346. The summed E-state index contributed by atoms with van der Waals surface area (Å²) in [6.45, 7) is 0.931. The summed E-state index contributed by atoms with van der Waals surface area (Å²) in [5.41, 5.74) is 7.05. The van der Waals surface area contributed by atoms with Crippen molar-refractivity contribution in [2.75, 3.05) is 17.6 Å². The average Bonchev–Trinajstić information content (AvgIpc) is 2.74. The lowest BCUT2D eigenvalue weighted by atomic mass is 10.0. The van der Waals surface area contributed by atoms with Crippen LogP contribution >= 0.6 is 0 Å². The van der Waals surface area contributed by atoms with Crippen molar-refractivity contribution in [3.8, 4) is 0 Å². The van der Waals surface area contributed by atoms with Crippen LogP contribution in [-0.2, 0) is 0 Å². The smallest absolute Gasteiger partial charge is 0.125 e. The zero-order chi connectivity index (χ0) is 11.4. The molecule has 1 saturated carbocycles. The highest BCUT2D eigenvalue weighted by molar-refractivity contribution is 5.65. The molecule has 16 heavy (non-hydrogen) atoms. The number of benzene rings is 1. The van der Waals surface area contributed by atoms with Crippen LogP contribution in [0.5, 0.6) is 0 Å². The Morgan fingerprint density at radius 2 is 2.06 bits per heavy atom. The Morgan fingerprint density at radius 3 is 2.75 bits per heavy atom. The Morgan fingerprint density at radius 1 is 1.31 bits per heavy atom. The molecule has 2 nitrogen and oxygen atoms in total. The summed E-state index contributed by atoms with van der Waals surface area (Å²) in [6, 6.07) is 4.51. The van der Waals surface area contributed by atoms with Gasteiger partial charge in [-0.1, -0.05) is 25.7 Å². The third-order valence-corrected chi connectivity index (χ3v) is 3.36. The number of nitrogens with one attached hydrogen (secondary N) is 1. The van der Waals surface area contributed by atoms with Gasteiger partial charge in [-0.15, -0.1) is 0 Å². The van der Waals surface area contributed by atoms with Gasteiger partial charge in [0.25, 0.3) is 0 Å². The molecular formula is C13H19FN2. The zero-order valence-electron chi connectivity index (χ0n) is 9.51. The second kappa shape index (κ2) is 5.19. The lowest BCUT2D eigenvalue weighted by molar-refractivity contribution is 0.518. The molecule has 0 spiro atoms. The Hall–Kier alpha value is -1.25. The zero-order valence-corrected chi connectivity index (χ0v) is 9.51. The van der Waals surface area contributed by atoms with Crippen molar-refractivity contribution in [3.63, 3.8) is 0 Å². The quantitative estimate of drug-likeness (QED) is 0.766. The third kappa shape index (κ3) is 2.87. The Labute approximate surface area is 96.0 Å². The standard InChI is InChI=1S/C13H19FN2/c14-11-5-6-13(12(15)9-11)16-8-7-10-3-1-2-4-10/h5-6,9-10,16H,1-4,7-8,15H2. The fourth-order valence-electron chi connectivity index (χ4n) is 2.40. The van der Waals surface area contributed by atoms with E-state index in [4.69, 9.17) is 5.73 Å². The van der Waals surface area contributed by atoms with E-state index in [1.807, 2.05) is 0 Å². The van der Waals surface area contributed by atoms with Crippen molar-refractivity contribution in [2.45, 2.75) is 32.1 Å². The first-order valence-corrected chi connectivity index (χ1v) is 6.04. The molecule has 2 rings (SSSR count). The summed E-state index contributed by atoms with van der Waals surface area (Å²) in [5.74, 6) is 0.591. The average molecular weight is 222 g/mol. The second-order valence-electron chi connectivity index (χ2n) is 4.60. The van der Waals surface area contributed by atoms with E-state index in [1.54, 1.807) is 6.07 Å². The fourth-order valence-corrected chi connectivity index (χ4v) is 2.40. The molecule has 0 aromatic heterocycles. The van der Waals surface area contributed by atoms with Crippen LogP contribution in [0.15, 0.2) is 18.2 Å². The molecule has 0 unspecified atom stereocenters. The monoisotopic (exact) mass is 222 g/mol. The van der Waals surface area contributed by atoms with Gasteiger partial charge in [0.2, 0.25) is 0 Å². The number of hydrogen-bond acceptors (Lipinski definition) is 2. The minimum absolute atomic E-state index is 0.279. The number of nitrogen functional groups attached to an aromatic ring is 1. The minimum atomic E-state index is -0.279. The molecule has 1 fully saturated rings. The van der Waals surface area contributed by atoms with Crippen molar-refractivity contribution in [2.24, 2.45) is 5.92 Å². The largest absolute Gasteiger partial charge is 0.397 e. The maximum Gasteiger partial charge on any atom is 0.125 e. The van der Waals surface area contributed by atoms with Gasteiger partial charge in [-0.25, -0.2) is 4.39 Å². The van der Waals surface area contributed by atoms with Crippen molar-refractivity contribution >= 4 is 11.4 Å². The topological polar surface area (TPSA) is 38.0 Å². The molecule has 0 heterocycles. The van der Waals surface area contributed by atoms with E-state index in [2.05, 4.69) is 5.32 Å². The maximum absolute atomic E-state index is 12.8. The van der Waals surface area contributed by atoms with E-state index >= 15 is 0 Å². The first-order chi connectivity index (χ1) is 7.75. The van der Waals surface area contributed by atoms with Gasteiger partial charge in [0.1, 0.15) is 5.82 Å². The summed E-state index contributed by atoms with van der Waals surface area (Å²) in [5, 5.41) is 3.28. The van der Waals surface area contributed by atoms with Gasteiger partial charge in [-0.05, 0) is 30.5 Å². The van der Waals surface area contributed by atoms with Gasteiger partial charge in [-0.2, -0.15) is 0 Å². The number of rotatable bonds is 4. The van der Waals surface area contributed by atoms with E-state index in [9.17, 15) is 4.39 Å². The van der Waals surface area contributed by atoms with E-state index in [-0.39, 0.29) is 5.82 Å². The van der Waals surface area contributed by atoms with Gasteiger partial charge in [0.05, 0.1) is 11.4 Å². The highest BCUT2D eigenvalue weighted by Gasteiger charge is 2.14. The van der Waals surface area contributed by atoms with Crippen molar-refractivity contribution < 1.29 is 4.39 Å². The summed E-state index contributed by atoms with van der Waals surface area (Å²) in [4.78, 5) is 0. The molecule has 0 radical (unpaired) electrons. The van der Waals surface area contributed by atoms with E-state index in [0.717, 1.165) is 18.2 Å². The number of halogens is 1. The molecule has 88 valence electrons. The van der Waals surface area contributed by atoms with Crippen LogP contribution in [0.25, 0.3) is 0 Å². The fraction of sp³-hybridized carbons (Fsp3) is 0.538. The lowest BCUT2D eigenvalue weighted by Gasteiger charge is -2.12. The van der Waals surface area contributed by atoms with Crippen LogP contribution in [0.3, 0.4) is 0 Å². The molecule has 1 aromatic carbocycles. The highest BCUT2D eigenvalue weighted by atomic mass is 19.1. The highest BCUT2D eigenvalue weighted by Crippen LogP contribution is 2.27. The summed E-state index contributed by atoms with van der Waals surface area (Å²) in [6.07, 6.45) is 6.67. The maximum atomic E-state index is 12.8. The minimum Gasteiger partial charge on any atom is -0.397 e. The molecule has 0 saturated heterocycles. The van der Waals surface area contributed by atoms with Crippen LogP contribution in [0, 0.1) is 11.7 Å². The van der Waals surface area contributed by atoms with Crippen LogP contribution in [-0.4, -0.2) is 6.54 Å². The van der Waals surface area contributed by atoms with Gasteiger partial charge >= 0.3 is 0 Å². The Kier molecular flexibility index (Phi) is 3.65. The first-order valence-electron chi connectivity index (χ1n) is 6.04. The molecule has 0 atom stereocenters. The summed E-state index contributed by atoms with van der Waals surface area (Å²) >= 11 is 0. The van der Waals surface area contributed by atoms with Crippen molar-refractivity contribution in [1.82, 2.24) is 0 Å². The first kappa shape index (κ1) is 11.2. The molecule has 3 N–H and O–H groups in total. The van der Waals surface area contributed by atoms with E-state index in [1.165, 1.54) is 44.2 Å². The number of anilines is 2. The second-order valence-corrected chi connectivity index (χ2v) is 4.60. The molecule has 1 aliphatic rings. The van der Waals surface area contributed by atoms with Crippen LogP contribution in [0.2, 0.25) is 0 Å². The van der Waals surface area contributed by atoms with Crippen LogP contribution in [0.4, 0.5) is 15.8 Å². The predicted molar refractivity (Wildman–Crippen MR) is 65.9 cm³/mol. The molecule has 1 aliphatic carbocycles. The molecule has 0 aliphatic heterocycles. The molecule has 3 heteroatoms. The van der Waals surface area contributed by atoms with Gasteiger partial charge < -0.3 is 11.1 Å². The normalized spacial score (nSPS) is 16.6. The van der Waals surface area contributed by atoms with Crippen LogP contribution < -0.4 is 11.1 Å².